The molecule has 2 N–H and O–H groups in total. The molecule has 0 bridgehead atoms. The third-order valence-corrected chi connectivity index (χ3v) is 3.62. The largest absolute Gasteiger partial charge is 0.497 e. The molecule has 2 aromatic rings. The van der Waals surface area contributed by atoms with Gasteiger partial charge in [-0.3, -0.25) is 0 Å². The molecular weight excluding hydrogens is 332 g/mol. The highest BCUT2D eigenvalue weighted by Gasteiger charge is 2.09. The van der Waals surface area contributed by atoms with E-state index in [0.717, 1.165) is 21.3 Å². The molecule has 0 unspecified atom stereocenters. The first-order chi connectivity index (χ1) is 9.99. The van der Waals surface area contributed by atoms with Gasteiger partial charge in [-0.2, -0.15) is 0 Å². The van der Waals surface area contributed by atoms with Crippen LogP contribution in [0.2, 0.25) is 0 Å². The Bertz CT molecular complexity index is 648. The van der Waals surface area contributed by atoms with Crippen molar-refractivity contribution in [2.75, 3.05) is 17.7 Å². The number of carbonyl (C=O) groups excluding carboxylic acids is 1. The van der Waals surface area contributed by atoms with Crippen molar-refractivity contribution in [1.82, 2.24) is 0 Å². The number of hydrogen-bond donors (Lipinski definition) is 2. The van der Waals surface area contributed by atoms with Crippen molar-refractivity contribution in [2.45, 2.75) is 13.8 Å². The van der Waals surface area contributed by atoms with Gasteiger partial charge in [0.25, 0.3) is 0 Å². The summed E-state index contributed by atoms with van der Waals surface area (Å²) in [6.45, 7) is 3.97. The first-order valence-electron chi connectivity index (χ1n) is 6.48. The van der Waals surface area contributed by atoms with Crippen LogP contribution in [0.3, 0.4) is 0 Å². The number of rotatable bonds is 3. The van der Waals surface area contributed by atoms with Gasteiger partial charge < -0.3 is 15.4 Å². The van der Waals surface area contributed by atoms with E-state index >= 15 is 0 Å². The Morgan fingerprint density at radius 2 is 1.90 bits per heavy atom. The Morgan fingerprint density at radius 3 is 2.57 bits per heavy atom. The van der Waals surface area contributed by atoms with E-state index in [2.05, 4.69) is 26.6 Å². The molecule has 0 saturated heterocycles. The van der Waals surface area contributed by atoms with Gasteiger partial charge in [-0.25, -0.2) is 4.79 Å². The number of nitrogens with one attached hydrogen (secondary N) is 2. The molecule has 21 heavy (non-hydrogen) atoms. The van der Waals surface area contributed by atoms with Crippen LogP contribution in [0.4, 0.5) is 16.2 Å². The summed E-state index contributed by atoms with van der Waals surface area (Å²) < 4.78 is 5.99. The number of aryl methyl sites for hydroxylation is 2. The Labute approximate surface area is 132 Å². The molecule has 110 valence electrons. The van der Waals surface area contributed by atoms with E-state index in [9.17, 15) is 4.79 Å². The summed E-state index contributed by atoms with van der Waals surface area (Å²) >= 11 is 3.47. The van der Waals surface area contributed by atoms with Crippen molar-refractivity contribution in [2.24, 2.45) is 0 Å². The van der Waals surface area contributed by atoms with Gasteiger partial charge in [0.05, 0.1) is 12.8 Å². The molecule has 0 aromatic heterocycles. The average Bonchev–Trinajstić information content (AvgIpc) is 2.43. The normalized spacial score (nSPS) is 10.1. The minimum Gasteiger partial charge on any atom is -0.497 e. The van der Waals surface area contributed by atoms with Gasteiger partial charge in [0.2, 0.25) is 0 Å². The van der Waals surface area contributed by atoms with E-state index in [1.54, 1.807) is 19.2 Å². The minimum absolute atomic E-state index is 0.295. The number of carbonyl (C=O) groups is 1. The predicted molar refractivity (Wildman–Crippen MR) is 89.3 cm³/mol. The van der Waals surface area contributed by atoms with Crippen molar-refractivity contribution >= 4 is 33.3 Å². The second-order valence-electron chi connectivity index (χ2n) is 4.75. The van der Waals surface area contributed by atoms with Gasteiger partial charge in [-0.05, 0) is 59.1 Å². The smallest absolute Gasteiger partial charge is 0.323 e. The van der Waals surface area contributed by atoms with E-state index in [4.69, 9.17) is 4.74 Å². The molecule has 5 heteroatoms. The zero-order chi connectivity index (χ0) is 15.4. The second-order valence-corrected chi connectivity index (χ2v) is 5.60. The highest BCUT2D eigenvalue weighted by Crippen LogP contribution is 2.28. The van der Waals surface area contributed by atoms with Crippen LogP contribution in [0.15, 0.2) is 40.9 Å². The molecule has 2 rings (SSSR count). The molecule has 0 atom stereocenters. The number of urea groups is 1. The van der Waals surface area contributed by atoms with Crippen molar-refractivity contribution in [1.29, 1.82) is 0 Å². The monoisotopic (exact) mass is 348 g/mol. The number of benzene rings is 2. The van der Waals surface area contributed by atoms with Crippen LogP contribution in [0, 0.1) is 13.8 Å². The fourth-order valence-electron chi connectivity index (χ4n) is 2.05. The number of halogens is 1. The molecule has 0 aliphatic rings. The third-order valence-electron chi connectivity index (χ3n) is 3.00. The predicted octanol–water partition coefficient (Wildman–Crippen LogP) is 4.72. The van der Waals surface area contributed by atoms with E-state index < -0.39 is 0 Å². The topological polar surface area (TPSA) is 50.4 Å². The summed E-state index contributed by atoms with van der Waals surface area (Å²) in [5, 5.41) is 5.64. The van der Waals surface area contributed by atoms with E-state index in [1.165, 1.54) is 0 Å². The van der Waals surface area contributed by atoms with Gasteiger partial charge >= 0.3 is 6.03 Å². The molecule has 0 heterocycles. The lowest BCUT2D eigenvalue weighted by molar-refractivity contribution is 0.262. The lowest BCUT2D eigenvalue weighted by Crippen LogP contribution is -2.20. The van der Waals surface area contributed by atoms with Gasteiger partial charge in [0.1, 0.15) is 5.75 Å². The lowest BCUT2D eigenvalue weighted by atomic mass is 10.1. The Morgan fingerprint density at radius 1 is 1.14 bits per heavy atom. The van der Waals surface area contributed by atoms with Gasteiger partial charge in [0, 0.05) is 16.2 Å². The summed E-state index contributed by atoms with van der Waals surface area (Å²) in [5.74, 6) is 0.695. The number of ether oxygens (including phenoxy) is 1. The zero-order valence-electron chi connectivity index (χ0n) is 12.2. The fourth-order valence-corrected chi connectivity index (χ4v) is 2.82. The fraction of sp³-hybridized carbons (Fsp3) is 0.188. The van der Waals surface area contributed by atoms with Gasteiger partial charge in [-0.1, -0.05) is 12.1 Å². The van der Waals surface area contributed by atoms with Crippen molar-refractivity contribution < 1.29 is 9.53 Å². The lowest BCUT2D eigenvalue weighted by Gasteiger charge is -2.13. The Hall–Kier alpha value is -2.01. The maximum atomic E-state index is 12.1. The summed E-state index contributed by atoms with van der Waals surface area (Å²) in [6, 6.07) is 10.9. The summed E-state index contributed by atoms with van der Waals surface area (Å²) in [4.78, 5) is 12.1. The molecule has 4 nitrogen and oxygen atoms in total. The minimum atomic E-state index is -0.295. The average molecular weight is 349 g/mol. The third kappa shape index (κ3) is 3.98. The van der Waals surface area contributed by atoms with Crippen LogP contribution in [0.25, 0.3) is 0 Å². The number of anilines is 2. The quantitative estimate of drug-likeness (QED) is 0.843. The van der Waals surface area contributed by atoms with Gasteiger partial charge in [-0.15, -0.1) is 0 Å². The molecular formula is C16H17BrN2O2. The number of methoxy groups -OCH3 is 1. The van der Waals surface area contributed by atoms with E-state index in [0.29, 0.717) is 11.4 Å². The maximum Gasteiger partial charge on any atom is 0.323 e. The highest BCUT2D eigenvalue weighted by atomic mass is 79.9. The van der Waals surface area contributed by atoms with Crippen molar-refractivity contribution in [3.8, 4) is 5.75 Å². The van der Waals surface area contributed by atoms with Crippen LogP contribution in [-0.2, 0) is 0 Å². The summed E-state index contributed by atoms with van der Waals surface area (Å²) in [5.41, 5.74) is 3.58. The summed E-state index contributed by atoms with van der Waals surface area (Å²) in [7, 11) is 1.59. The molecule has 0 fully saturated rings. The molecule has 0 radical (unpaired) electrons. The Kier molecular flexibility index (Phi) is 4.85. The van der Waals surface area contributed by atoms with Crippen LogP contribution in [0.1, 0.15) is 11.1 Å². The molecule has 2 aromatic carbocycles. The van der Waals surface area contributed by atoms with Crippen LogP contribution >= 0.6 is 15.9 Å². The second kappa shape index (κ2) is 6.63. The number of amides is 2. The molecule has 0 aliphatic heterocycles. The molecule has 0 aliphatic carbocycles. The Balaban J connectivity index is 2.12. The number of hydrogen-bond acceptors (Lipinski definition) is 2. The van der Waals surface area contributed by atoms with Crippen molar-refractivity contribution in [3.05, 3.63) is 52.0 Å². The molecule has 0 spiro atoms. The van der Waals surface area contributed by atoms with E-state index in [1.807, 2.05) is 38.1 Å². The standard InChI is InChI=1S/C16H17BrN2O2/c1-10-7-11(2)15(14(17)8-10)19-16(20)18-12-5-4-6-13(9-12)21-3/h4-9H,1-3H3,(H2,18,19,20). The zero-order valence-corrected chi connectivity index (χ0v) is 13.7. The van der Waals surface area contributed by atoms with Crippen LogP contribution in [-0.4, -0.2) is 13.1 Å². The van der Waals surface area contributed by atoms with E-state index in [-0.39, 0.29) is 6.03 Å². The van der Waals surface area contributed by atoms with Gasteiger partial charge in [0.15, 0.2) is 0 Å². The maximum absolute atomic E-state index is 12.1. The summed E-state index contributed by atoms with van der Waals surface area (Å²) in [6.07, 6.45) is 0. The molecule has 0 saturated carbocycles. The van der Waals surface area contributed by atoms with Crippen molar-refractivity contribution in [3.63, 3.8) is 0 Å². The first-order valence-corrected chi connectivity index (χ1v) is 7.27. The first kappa shape index (κ1) is 15.4. The van der Waals surface area contributed by atoms with Crippen LogP contribution in [0.5, 0.6) is 5.75 Å². The highest BCUT2D eigenvalue weighted by molar-refractivity contribution is 9.10. The molecule has 2 amide bonds. The SMILES string of the molecule is COc1cccc(NC(=O)Nc2c(C)cc(C)cc2Br)c1. The van der Waals surface area contributed by atoms with Crippen LogP contribution < -0.4 is 15.4 Å².